The largest absolute Gasteiger partial charge is 0.472 e. The lowest BCUT2D eigenvalue weighted by Crippen LogP contribution is -2.07. The molecule has 94 valence electrons. The lowest BCUT2D eigenvalue weighted by molar-refractivity contribution is -0.137. The summed E-state index contributed by atoms with van der Waals surface area (Å²) >= 11 is 0. The molecule has 0 saturated carbocycles. The van der Waals surface area contributed by atoms with Gasteiger partial charge in [0, 0.05) is 6.42 Å². The van der Waals surface area contributed by atoms with E-state index in [2.05, 4.69) is 0 Å². The molecule has 0 saturated heterocycles. The van der Waals surface area contributed by atoms with Crippen molar-refractivity contribution in [3.63, 3.8) is 0 Å². The summed E-state index contributed by atoms with van der Waals surface area (Å²) in [4.78, 5) is 11.7. The van der Waals surface area contributed by atoms with Crippen LogP contribution in [0.15, 0.2) is 47.3 Å². The molecular formula is C13H9F3O2. The molecule has 0 aliphatic rings. The highest BCUT2D eigenvalue weighted by atomic mass is 19.4. The number of carbonyl (C=O) groups excluding carboxylic acids is 1. The van der Waals surface area contributed by atoms with Crippen LogP contribution < -0.4 is 0 Å². The molecule has 0 aliphatic carbocycles. The van der Waals surface area contributed by atoms with Gasteiger partial charge in [0.15, 0.2) is 5.78 Å². The molecule has 0 amide bonds. The fourth-order valence-corrected chi connectivity index (χ4v) is 1.57. The zero-order valence-electron chi connectivity index (χ0n) is 9.20. The number of hydrogen-bond donors (Lipinski definition) is 0. The van der Waals surface area contributed by atoms with Gasteiger partial charge in [0.1, 0.15) is 6.26 Å². The Morgan fingerprint density at radius 2 is 2.00 bits per heavy atom. The number of carbonyl (C=O) groups is 1. The van der Waals surface area contributed by atoms with Gasteiger partial charge in [-0.1, -0.05) is 18.2 Å². The van der Waals surface area contributed by atoms with Gasteiger partial charge in [-0.05, 0) is 17.7 Å². The average molecular weight is 254 g/mol. The molecule has 5 heteroatoms. The molecule has 1 aromatic carbocycles. The fraction of sp³-hybridized carbons (Fsp3) is 0.154. The van der Waals surface area contributed by atoms with Crippen LogP contribution in [-0.2, 0) is 12.6 Å². The molecule has 2 nitrogen and oxygen atoms in total. The first-order chi connectivity index (χ1) is 8.47. The van der Waals surface area contributed by atoms with Crippen LogP contribution in [0, 0.1) is 0 Å². The van der Waals surface area contributed by atoms with E-state index in [9.17, 15) is 18.0 Å². The Balaban J connectivity index is 2.18. The Labute approximate surface area is 101 Å². The van der Waals surface area contributed by atoms with Crippen molar-refractivity contribution in [3.8, 4) is 0 Å². The average Bonchev–Trinajstić information content (AvgIpc) is 2.81. The minimum Gasteiger partial charge on any atom is -0.472 e. The molecule has 0 N–H and O–H groups in total. The number of benzene rings is 1. The van der Waals surface area contributed by atoms with E-state index < -0.39 is 11.7 Å². The second kappa shape index (κ2) is 4.68. The standard InChI is InChI=1S/C13H9F3O2/c14-13(15,16)11-3-1-2-9(6-11)7-12(17)10-4-5-18-8-10/h1-6,8H,7H2. The minimum absolute atomic E-state index is 0.0799. The zero-order valence-corrected chi connectivity index (χ0v) is 9.20. The maximum absolute atomic E-state index is 12.5. The summed E-state index contributed by atoms with van der Waals surface area (Å²) in [5.41, 5.74) is -0.0663. The molecular weight excluding hydrogens is 245 g/mol. The molecule has 0 radical (unpaired) electrons. The van der Waals surface area contributed by atoms with Gasteiger partial charge < -0.3 is 4.42 Å². The van der Waals surface area contributed by atoms with E-state index in [4.69, 9.17) is 4.42 Å². The molecule has 2 aromatic rings. The minimum atomic E-state index is -4.39. The van der Waals surface area contributed by atoms with Crippen LogP contribution in [0.2, 0.25) is 0 Å². The normalized spacial score (nSPS) is 11.5. The summed E-state index contributed by atoms with van der Waals surface area (Å²) in [6.45, 7) is 0. The van der Waals surface area contributed by atoms with Crippen molar-refractivity contribution in [2.45, 2.75) is 12.6 Å². The number of hydrogen-bond acceptors (Lipinski definition) is 2. The van der Waals surface area contributed by atoms with Gasteiger partial charge in [-0.25, -0.2) is 0 Å². The summed E-state index contributed by atoms with van der Waals surface area (Å²) in [7, 11) is 0. The second-order valence-electron chi connectivity index (χ2n) is 3.81. The Hall–Kier alpha value is -2.04. The van der Waals surface area contributed by atoms with Crippen molar-refractivity contribution in [1.82, 2.24) is 0 Å². The van der Waals surface area contributed by atoms with E-state index in [1.165, 1.54) is 30.7 Å². The first-order valence-corrected chi connectivity index (χ1v) is 5.18. The lowest BCUT2D eigenvalue weighted by atomic mass is 10.0. The van der Waals surface area contributed by atoms with Crippen LogP contribution in [0.25, 0.3) is 0 Å². The predicted octanol–water partition coefficient (Wildman–Crippen LogP) is 3.72. The summed E-state index contributed by atoms with van der Waals surface area (Å²) in [5, 5.41) is 0. The maximum Gasteiger partial charge on any atom is 0.416 e. The monoisotopic (exact) mass is 254 g/mol. The van der Waals surface area contributed by atoms with Crippen molar-refractivity contribution < 1.29 is 22.4 Å². The van der Waals surface area contributed by atoms with Crippen molar-refractivity contribution in [1.29, 1.82) is 0 Å². The van der Waals surface area contributed by atoms with Crippen LogP contribution >= 0.6 is 0 Å². The third-order valence-electron chi connectivity index (χ3n) is 2.46. The molecule has 0 fully saturated rings. The number of rotatable bonds is 3. The molecule has 2 rings (SSSR count). The number of ketones is 1. The first kappa shape index (κ1) is 12.4. The Morgan fingerprint density at radius 1 is 1.22 bits per heavy atom. The number of Topliss-reactive ketones (excluding diaryl/α,β-unsaturated/α-hetero) is 1. The van der Waals surface area contributed by atoms with Crippen LogP contribution in [0.4, 0.5) is 13.2 Å². The first-order valence-electron chi connectivity index (χ1n) is 5.18. The van der Waals surface area contributed by atoms with Crippen LogP contribution in [0.5, 0.6) is 0 Å². The van der Waals surface area contributed by atoms with Gasteiger partial charge in [-0.2, -0.15) is 13.2 Å². The number of furan rings is 1. The lowest BCUT2D eigenvalue weighted by Gasteiger charge is -2.07. The van der Waals surface area contributed by atoms with Gasteiger partial charge in [0.25, 0.3) is 0 Å². The van der Waals surface area contributed by atoms with E-state index >= 15 is 0 Å². The van der Waals surface area contributed by atoms with Crippen LogP contribution in [0.3, 0.4) is 0 Å². The van der Waals surface area contributed by atoms with Crippen LogP contribution in [-0.4, -0.2) is 5.78 Å². The molecule has 0 unspecified atom stereocenters. The molecule has 1 aromatic heterocycles. The van der Waals surface area contributed by atoms with Gasteiger partial charge >= 0.3 is 6.18 Å². The highest BCUT2D eigenvalue weighted by Gasteiger charge is 2.30. The number of alkyl halides is 3. The Kier molecular flexibility index (Phi) is 3.23. The van der Waals surface area contributed by atoms with Crippen molar-refractivity contribution >= 4 is 5.78 Å². The van der Waals surface area contributed by atoms with E-state index in [0.29, 0.717) is 11.1 Å². The third-order valence-corrected chi connectivity index (χ3v) is 2.46. The third kappa shape index (κ3) is 2.80. The van der Waals surface area contributed by atoms with E-state index in [1.54, 1.807) is 0 Å². The van der Waals surface area contributed by atoms with Crippen LogP contribution in [0.1, 0.15) is 21.5 Å². The van der Waals surface area contributed by atoms with Crippen molar-refractivity contribution in [3.05, 3.63) is 59.5 Å². The smallest absolute Gasteiger partial charge is 0.416 e. The summed E-state index contributed by atoms with van der Waals surface area (Å²) < 4.78 is 42.2. The van der Waals surface area contributed by atoms with Gasteiger partial charge in [-0.3, -0.25) is 4.79 Å². The SMILES string of the molecule is O=C(Cc1cccc(C(F)(F)F)c1)c1ccoc1. The van der Waals surface area contributed by atoms with Gasteiger partial charge in [-0.15, -0.1) is 0 Å². The van der Waals surface area contributed by atoms with Gasteiger partial charge in [0.05, 0.1) is 17.4 Å². The van der Waals surface area contributed by atoms with E-state index in [1.807, 2.05) is 0 Å². The predicted molar refractivity (Wildman–Crippen MR) is 58.2 cm³/mol. The summed E-state index contributed by atoms with van der Waals surface area (Å²) in [5.74, 6) is -0.275. The summed E-state index contributed by atoms with van der Waals surface area (Å²) in [6, 6.07) is 6.23. The maximum atomic E-state index is 12.5. The summed E-state index contributed by atoms with van der Waals surface area (Å²) in [6.07, 6.45) is -1.85. The Bertz CT molecular complexity index is 542. The van der Waals surface area contributed by atoms with Crippen molar-refractivity contribution in [2.24, 2.45) is 0 Å². The highest BCUT2D eigenvalue weighted by Crippen LogP contribution is 2.29. The van der Waals surface area contributed by atoms with Gasteiger partial charge in [0.2, 0.25) is 0 Å². The highest BCUT2D eigenvalue weighted by molar-refractivity contribution is 5.97. The van der Waals surface area contributed by atoms with E-state index in [0.717, 1.165) is 12.1 Å². The number of halogens is 3. The molecule has 0 bridgehead atoms. The molecule has 0 spiro atoms. The zero-order chi connectivity index (χ0) is 13.2. The van der Waals surface area contributed by atoms with E-state index in [-0.39, 0.29) is 12.2 Å². The second-order valence-corrected chi connectivity index (χ2v) is 3.81. The quantitative estimate of drug-likeness (QED) is 0.781. The molecule has 0 aliphatic heterocycles. The Morgan fingerprint density at radius 3 is 2.61 bits per heavy atom. The topological polar surface area (TPSA) is 30.2 Å². The molecule has 1 heterocycles. The molecule has 18 heavy (non-hydrogen) atoms. The fourth-order valence-electron chi connectivity index (χ4n) is 1.57. The van der Waals surface area contributed by atoms with Crippen molar-refractivity contribution in [2.75, 3.05) is 0 Å². The molecule has 0 atom stereocenters.